The second-order valence-electron chi connectivity index (χ2n) is 6.84. The third-order valence-electron chi connectivity index (χ3n) is 4.79. The second kappa shape index (κ2) is 7.18. The van der Waals surface area contributed by atoms with Gasteiger partial charge in [-0.2, -0.15) is 0 Å². The molecule has 0 radical (unpaired) electrons. The van der Waals surface area contributed by atoms with Gasteiger partial charge in [0.2, 0.25) is 0 Å². The maximum atomic E-state index is 5.68. The van der Waals surface area contributed by atoms with Crippen LogP contribution in [0.4, 0.5) is 0 Å². The third kappa shape index (κ3) is 3.34. The third-order valence-corrected chi connectivity index (χ3v) is 4.79. The van der Waals surface area contributed by atoms with E-state index in [2.05, 4.69) is 69.3 Å². The Morgan fingerprint density at radius 1 is 0.920 bits per heavy atom. The molecule has 0 atom stereocenters. The Balaban J connectivity index is 2.20. The molecule has 0 bridgehead atoms. The number of ether oxygens (including phenoxy) is 2. The average molecular weight is 334 g/mol. The van der Waals surface area contributed by atoms with E-state index >= 15 is 0 Å². The zero-order chi connectivity index (χ0) is 18.0. The summed E-state index contributed by atoms with van der Waals surface area (Å²) >= 11 is 0. The van der Waals surface area contributed by atoms with Crippen LogP contribution in [0.25, 0.3) is 10.8 Å². The Bertz CT molecular complexity index is 880. The van der Waals surface area contributed by atoms with E-state index in [0.29, 0.717) is 5.92 Å². The van der Waals surface area contributed by atoms with E-state index in [4.69, 9.17) is 9.47 Å². The first-order chi connectivity index (χ1) is 12.0. The van der Waals surface area contributed by atoms with Crippen molar-refractivity contribution in [2.45, 2.75) is 33.1 Å². The van der Waals surface area contributed by atoms with Crippen molar-refractivity contribution in [3.05, 3.63) is 70.8 Å². The van der Waals surface area contributed by atoms with Crippen LogP contribution in [0.1, 0.15) is 42.0 Å². The minimum Gasteiger partial charge on any atom is -0.493 e. The van der Waals surface area contributed by atoms with Crippen molar-refractivity contribution < 1.29 is 9.47 Å². The molecular weight excluding hydrogens is 308 g/mol. The summed E-state index contributed by atoms with van der Waals surface area (Å²) in [7, 11) is 3.42. The summed E-state index contributed by atoms with van der Waals surface area (Å²) in [6.45, 7) is 6.59. The molecule has 2 heteroatoms. The highest BCUT2D eigenvalue weighted by Crippen LogP contribution is 2.42. The Morgan fingerprint density at radius 3 is 2.24 bits per heavy atom. The van der Waals surface area contributed by atoms with Gasteiger partial charge in [-0.1, -0.05) is 56.3 Å². The van der Waals surface area contributed by atoms with E-state index in [0.717, 1.165) is 17.9 Å². The minimum absolute atomic E-state index is 0.354. The van der Waals surface area contributed by atoms with Gasteiger partial charge in [0.05, 0.1) is 14.2 Å². The molecule has 3 aromatic carbocycles. The van der Waals surface area contributed by atoms with Gasteiger partial charge in [-0.15, -0.1) is 0 Å². The van der Waals surface area contributed by atoms with Crippen LogP contribution in [0, 0.1) is 6.92 Å². The lowest BCUT2D eigenvalue weighted by atomic mass is 9.90. The molecule has 0 heterocycles. The average Bonchev–Trinajstić information content (AvgIpc) is 2.61. The van der Waals surface area contributed by atoms with Crippen LogP contribution in [-0.4, -0.2) is 14.2 Å². The number of benzene rings is 3. The SMILES string of the molecule is COc1cc2cc(Cc3ccccc3)c(C)cc2c(C(C)C)c1OC. The number of aryl methyl sites for hydroxylation is 1. The van der Waals surface area contributed by atoms with E-state index in [9.17, 15) is 0 Å². The highest BCUT2D eigenvalue weighted by atomic mass is 16.5. The van der Waals surface area contributed by atoms with Crippen molar-refractivity contribution in [2.75, 3.05) is 14.2 Å². The number of hydrogen-bond donors (Lipinski definition) is 0. The van der Waals surface area contributed by atoms with Crippen molar-refractivity contribution in [3.8, 4) is 11.5 Å². The van der Waals surface area contributed by atoms with Gasteiger partial charge in [0.15, 0.2) is 11.5 Å². The van der Waals surface area contributed by atoms with Crippen LogP contribution in [0.15, 0.2) is 48.5 Å². The predicted molar refractivity (Wildman–Crippen MR) is 105 cm³/mol. The molecule has 0 amide bonds. The molecule has 2 nitrogen and oxygen atoms in total. The maximum Gasteiger partial charge on any atom is 0.164 e. The van der Waals surface area contributed by atoms with Crippen molar-refractivity contribution in [1.82, 2.24) is 0 Å². The van der Waals surface area contributed by atoms with Crippen LogP contribution in [0.5, 0.6) is 11.5 Å². The quantitative estimate of drug-likeness (QED) is 0.580. The molecule has 0 aliphatic carbocycles. The Labute approximate surface area is 150 Å². The zero-order valence-corrected chi connectivity index (χ0v) is 15.7. The van der Waals surface area contributed by atoms with Gasteiger partial charge in [0.25, 0.3) is 0 Å². The van der Waals surface area contributed by atoms with Gasteiger partial charge < -0.3 is 9.47 Å². The summed E-state index contributed by atoms with van der Waals surface area (Å²) in [5.41, 5.74) is 5.20. The van der Waals surface area contributed by atoms with Crippen molar-refractivity contribution >= 4 is 10.8 Å². The van der Waals surface area contributed by atoms with Crippen molar-refractivity contribution in [3.63, 3.8) is 0 Å². The van der Waals surface area contributed by atoms with Gasteiger partial charge in [0.1, 0.15) is 0 Å². The Kier molecular flexibility index (Phi) is 4.98. The van der Waals surface area contributed by atoms with Gasteiger partial charge in [0, 0.05) is 5.56 Å². The van der Waals surface area contributed by atoms with Crippen molar-refractivity contribution in [2.24, 2.45) is 0 Å². The topological polar surface area (TPSA) is 18.5 Å². The Hall–Kier alpha value is -2.48. The fourth-order valence-corrected chi connectivity index (χ4v) is 3.53. The first-order valence-corrected chi connectivity index (χ1v) is 8.77. The predicted octanol–water partition coefficient (Wildman–Crippen LogP) is 5.88. The van der Waals surface area contributed by atoms with Crippen LogP contribution in [0.3, 0.4) is 0 Å². The van der Waals surface area contributed by atoms with Crippen LogP contribution < -0.4 is 9.47 Å². The summed E-state index contributed by atoms with van der Waals surface area (Å²) in [4.78, 5) is 0. The standard InChI is InChI=1S/C23H26O2/c1-15(2)22-20-11-16(3)18(12-17-9-7-6-8-10-17)13-19(20)14-21(24-4)23(22)25-5/h6-11,13-15H,12H2,1-5H3. The van der Waals surface area contributed by atoms with Gasteiger partial charge in [-0.3, -0.25) is 0 Å². The maximum absolute atomic E-state index is 5.68. The summed E-state index contributed by atoms with van der Waals surface area (Å²) in [5, 5.41) is 2.46. The number of methoxy groups -OCH3 is 2. The van der Waals surface area contributed by atoms with E-state index in [1.807, 2.05) is 0 Å². The molecule has 3 aromatic rings. The van der Waals surface area contributed by atoms with Gasteiger partial charge >= 0.3 is 0 Å². The number of rotatable bonds is 5. The van der Waals surface area contributed by atoms with E-state index in [1.165, 1.54) is 33.0 Å². The smallest absolute Gasteiger partial charge is 0.164 e. The lowest BCUT2D eigenvalue weighted by molar-refractivity contribution is 0.351. The molecule has 0 aliphatic rings. The normalized spacial score (nSPS) is 11.1. The molecule has 3 rings (SSSR count). The van der Waals surface area contributed by atoms with E-state index < -0.39 is 0 Å². The van der Waals surface area contributed by atoms with Crippen molar-refractivity contribution in [1.29, 1.82) is 0 Å². The number of fused-ring (bicyclic) bond motifs is 1. The molecule has 0 saturated carbocycles. The fraction of sp³-hybridized carbons (Fsp3) is 0.304. The molecule has 25 heavy (non-hydrogen) atoms. The largest absolute Gasteiger partial charge is 0.493 e. The first-order valence-electron chi connectivity index (χ1n) is 8.77. The highest BCUT2D eigenvalue weighted by Gasteiger charge is 2.18. The second-order valence-corrected chi connectivity index (χ2v) is 6.84. The molecule has 0 saturated heterocycles. The lowest BCUT2D eigenvalue weighted by Gasteiger charge is -2.20. The molecule has 0 unspecified atom stereocenters. The molecule has 130 valence electrons. The molecule has 0 spiro atoms. The highest BCUT2D eigenvalue weighted by molar-refractivity contribution is 5.92. The fourth-order valence-electron chi connectivity index (χ4n) is 3.53. The number of hydrogen-bond acceptors (Lipinski definition) is 2. The molecule has 0 fully saturated rings. The molecule has 0 N–H and O–H groups in total. The van der Waals surface area contributed by atoms with E-state index in [1.54, 1.807) is 14.2 Å². The van der Waals surface area contributed by atoms with Crippen LogP contribution in [0.2, 0.25) is 0 Å². The summed E-state index contributed by atoms with van der Waals surface area (Å²) in [6, 6.07) is 17.3. The van der Waals surface area contributed by atoms with Crippen LogP contribution >= 0.6 is 0 Å². The van der Waals surface area contributed by atoms with Gasteiger partial charge in [-0.25, -0.2) is 0 Å². The summed E-state index contributed by atoms with van der Waals surface area (Å²) in [6.07, 6.45) is 0.938. The minimum atomic E-state index is 0.354. The summed E-state index contributed by atoms with van der Waals surface area (Å²) < 4.78 is 11.3. The monoisotopic (exact) mass is 334 g/mol. The lowest BCUT2D eigenvalue weighted by Crippen LogP contribution is -2.01. The Morgan fingerprint density at radius 2 is 1.64 bits per heavy atom. The summed E-state index contributed by atoms with van der Waals surface area (Å²) in [5.74, 6) is 2.00. The zero-order valence-electron chi connectivity index (χ0n) is 15.7. The first kappa shape index (κ1) is 17.3. The van der Waals surface area contributed by atoms with E-state index in [-0.39, 0.29) is 0 Å². The molecule has 0 aromatic heterocycles. The molecular formula is C23H26O2. The molecule has 0 aliphatic heterocycles. The van der Waals surface area contributed by atoms with Gasteiger partial charge in [-0.05, 0) is 52.8 Å². The van der Waals surface area contributed by atoms with Crippen LogP contribution in [-0.2, 0) is 6.42 Å².